The predicted octanol–water partition coefficient (Wildman–Crippen LogP) is 3.60. The lowest BCUT2D eigenvalue weighted by Crippen LogP contribution is -2.26. The minimum atomic E-state index is -3.38. The van der Waals surface area contributed by atoms with Crippen LogP contribution in [0.4, 0.5) is 5.69 Å². The molecule has 6 nitrogen and oxygen atoms in total. The number of sulfonamides is 1. The van der Waals surface area contributed by atoms with Gasteiger partial charge in [-0.2, -0.15) is 0 Å². The highest BCUT2D eigenvalue weighted by atomic mass is 32.2. The third-order valence-electron chi connectivity index (χ3n) is 3.87. The average Bonchev–Trinajstić information content (AvgIpc) is 2.62. The highest BCUT2D eigenvalue weighted by molar-refractivity contribution is 7.92. The van der Waals surface area contributed by atoms with Crippen molar-refractivity contribution >= 4 is 21.6 Å². The summed E-state index contributed by atoms with van der Waals surface area (Å²) in [5.74, 6) is 0.631. The minimum Gasteiger partial charge on any atom is -0.491 e. The Labute approximate surface area is 167 Å². The summed E-state index contributed by atoms with van der Waals surface area (Å²) in [5.41, 5.74) is 1.90. The number of carbonyl (C=O) groups excluding carboxylic acids is 1. The molecule has 152 valence electrons. The fourth-order valence-electron chi connectivity index (χ4n) is 2.65. The zero-order valence-electron chi connectivity index (χ0n) is 16.6. The number of benzene rings is 2. The summed E-state index contributed by atoms with van der Waals surface area (Å²) in [6, 6.07) is 14.3. The molecule has 0 atom stereocenters. The van der Waals surface area contributed by atoms with E-state index in [4.69, 9.17) is 4.74 Å². The van der Waals surface area contributed by atoms with E-state index >= 15 is 0 Å². The predicted molar refractivity (Wildman–Crippen MR) is 112 cm³/mol. The van der Waals surface area contributed by atoms with Crippen molar-refractivity contribution in [3.63, 3.8) is 0 Å². The van der Waals surface area contributed by atoms with Crippen LogP contribution in [0, 0.1) is 0 Å². The monoisotopic (exact) mass is 404 g/mol. The van der Waals surface area contributed by atoms with Crippen LogP contribution in [-0.2, 0) is 16.4 Å². The van der Waals surface area contributed by atoms with Gasteiger partial charge in [0.15, 0.2) is 0 Å². The molecule has 0 radical (unpaired) electrons. The average molecular weight is 405 g/mol. The van der Waals surface area contributed by atoms with Gasteiger partial charge in [-0.25, -0.2) is 8.42 Å². The van der Waals surface area contributed by atoms with Crippen LogP contribution in [0.2, 0.25) is 0 Å². The molecule has 28 heavy (non-hydrogen) atoms. The van der Waals surface area contributed by atoms with E-state index in [2.05, 4.69) is 10.0 Å². The highest BCUT2D eigenvalue weighted by Gasteiger charge is 2.11. The van der Waals surface area contributed by atoms with Crippen LogP contribution in [0.5, 0.6) is 5.75 Å². The molecule has 0 spiro atoms. The van der Waals surface area contributed by atoms with E-state index < -0.39 is 10.0 Å². The first kappa shape index (κ1) is 21.8. The Kier molecular flexibility index (Phi) is 7.87. The largest absolute Gasteiger partial charge is 0.491 e. The zero-order chi connectivity index (χ0) is 20.6. The Bertz CT molecular complexity index is 878. The standard InChI is InChI=1S/C21H28N2O4S/c1-4-14-28(25,26)23-19-7-5-6-18(15-19)21(24)22-13-12-17-8-10-20(11-9-17)27-16(2)3/h5-11,15-16,23H,4,12-14H2,1-3H3,(H,22,24). The first-order valence-corrected chi connectivity index (χ1v) is 11.1. The Morgan fingerprint density at radius 1 is 1.11 bits per heavy atom. The van der Waals surface area contributed by atoms with E-state index in [0.29, 0.717) is 30.6 Å². The second-order valence-corrected chi connectivity index (χ2v) is 8.66. The maximum absolute atomic E-state index is 12.3. The smallest absolute Gasteiger partial charge is 0.251 e. The van der Waals surface area contributed by atoms with Crippen LogP contribution < -0.4 is 14.8 Å². The second kappa shape index (κ2) is 10.1. The minimum absolute atomic E-state index is 0.0461. The normalized spacial score (nSPS) is 11.3. The summed E-state index contributed by atoms with van der Waals surface area (Å²) >= 11 is 0. The molecule has 0 aliphatic heterocycles. The molecule has 0 bridgehead atoms. The van der Waals surface area contributed by atoms with Crippen molar-refractivity contribution in [2.75, 3.05) is 17.0 Å². The lowest BCUT2D eigenvalue weighted by molar-refractivity contribution is 0.0954. The molecule has 1 amide bonds. The van der Waals surface area contributed by atoms with Gasteiger partial charge < -0.3 is 10.1 Å². The van der Waals surface area contributed by atoms with Gasteiger partial charge in [0.2, 0.25) is 10.0 Å². The molecular formula is C21H28N2O4S. The van der Waals surface area contributed by atoms with E-state index in [9.17, 15) is 13.2 Å². The summed E-state index contributed by atoms with van der Waals surface area (Å²) in [6.45, 7) is 6.24. The van der Waals surface area contributed by atoms with E-state index in [1.54, 1.807) is 31.2 Å². The molecule has 0 aliphatic rings. The van der Waals surface area contributed by atoms with Gasteiger partial charge in [0.1, 0.15) is 5.75 Å². The Balaban J connectivity index is 1.88. The van der Waals surface area contributed by atoms with Gasteiger partial charge in [-0.05, 0) is 62.6 Å². The molecule has 0 fully saturated rings. The molecule has 2 aromatic rings. The lowest BCUT2D eigenvalue weighted by Gasteiger charge is -2.11. The first-order valence-electron chi connectivity index (χ1n) is 9.43. The SMILES string of the molecule is CCCS(=O)(=O)Nc1cccc(C(=O)NCCc2ccc(OC(C)C)cc2)c1. The van der Waals surface area contributed by atoms with Crippen LogP contribution in [0.3, 0.4) is 0 Å². The van der Waals surface area contributed by atoms with Crippen LogP contribution in [0.1, 0.15) is 43.1 Å². The van der Waals surface area contributed by atoms with Crippen molar-refractivity contribution in [2.45, 2.75) is 39.7 Å². The number of amides is 1. The number of hydrogen-bond donors (Lipinski definition) is 2. The first-order chi connectivity index (χ1) is 13.3. The van der Waals surface area contributed by atoms with Crippen molar-refractivity contribution < 1.29 is 17.9 Å². The molecule has 0 aliphatic carbocycles. The molecule has 0 aromatic heterocycles. The van der Waals surface area contributed by atoms with Gasteiger partial charge in [0.25, 0.3) is 5.91 Å². The molecule has 0 unspecified atom stereocenters. The molecular weight excluding hydrogens is 376 g/mol. The highest BCUT2D eigenvalue weighted by Crippen LogP contribution is 2.15. The Morgan fingerprint density at radius 2 is 1.82 bits per heavy atom. The van der Waals surface area contributed by atoms with Gasteiger partial charge in [-0.15, -0.1) is 0 Å². The number of anilines is 1. The lowest BCUT2D eigenvalue weighted by atomic mass is 10.1. The topological polar surface area (TPSA) is 84.5 Å². The molecule has 0 heterocycles. The fourth-order valence-corrected chi connectivity index (χ4v) is 3.78. The third kappa shape index (κ3) is 7.23. The van der Waals surface area contributed by atoms with Crippen LogP contribution >= 0.6 is 0 Å². The second-order valence-electron chi connectivity index (χ2n) is 6.82. The van der Waals surface area contributed by atoms with E-state index in [1.807, 2.05) is 38.1 Å². The zero-order valence-corrected chi connectivity index (χ0v) is 17.4. The van der Waals surface area contributed by atoms with Crippen LogP contribution in [0.15, 0.2) is 48.5 Å². The fraction of sp³-hybridized carbons (Fsp3) is 0.381. The molecule has 2 aromatic carbocycles. The number of nitrogens with one attached hydrogen (secondary N) is 2. The van der Waals surface area contributed by atoms with Crippen molar-refractivity contribution in [3.8, 4) is 5.75 Å². The summed E-state index contributed by atoms with van der Waals surface area (Å²) in [7, 11) is -3.38. The maximum atomic E-state index is 12.3. The molecule has 7 heteroatoms. The van der Waals surface area contributed by atoms with Gasteiger partial charge in [0, 0.05) is 17.8 Å². The molecule has 2 N–H and O–H groups in total. The maximum Gasteiger partial charge on any atom is 0.251 e. The summed E-state index contributed by atoms with van der Waals surface area (Å²) in [4.78, 5) is 12.3. The summed E-state index contributed by atoms with van der Waals surface area (Å²) in [6.07, 6.45) is 1.35. The number of hydrogen-bond acceptors (Lipinski definition) is 4. The van der Waals surface area contributed by atoms with Crippen LogP contribution in [-0.4, -0.2) is 32.7 Å². The van der Waals surface area contributed by atoms with Gasteiger partial charge in [-0.3, -0.25) is 9.52 Å². The Morgan fingerprint density at radius 3 is 2.46 bits per heavy atom. The summed E-state index contributed by atoms with van der Waals surface area (Å²) in [5, 5.41) is 2.86. The van der Waals surface area contributed by atoms with Crippen molar-refractivity contribution in [1.29, 1.82) is 0 Å². The summed E-state index contributed by atoms with van der Waals surface area (Å²) < 4.78 is 31.9. The van der Waals surface area contributed by atoms with Gasteiger partial charge >= 0.3 is 0 Å². The number of rotatable bonds is 10. The molecule has 2 rings (SSSR count). The molecule has 0 saturated carbocycles. The van der Waals surface area contributed by atoms with E-state index in [1.165, 1.54) is 0 Å². The number of carbonyl (C=O) groups is 1. The quantitative estimate of drug-likeness (QED) is 0.634. The van der Waals surface area contributed by atoms with Crippen LogP contribution in [0.25, 0.3) is 0 Å². The Hall–Kier alpha value is -2.54. The van der Waals surface area contributed by atoms with Crippen molar-refractivity contribution in [1.82, 2.24) is 5.32 Å². The third-order valence-corrected chi connectivity index (χ3v) is 5.36. The number of ether oxygens (including phenoxy) is 1. The van der Waals surface area contributed by atoms with Gasteiger partial charge in [-0.1, -0.05) is 25.1 Å². The van der Waals surface area contributed by atoms with Crippen molar-refractivity contribution in [2.24, 2.45) is 0 Å². The molecule has 0 saturated heterocycles. The van der Waals surface area contributed by atoms with E-state index in [0.717, 1.165) is 11.3 Å². The van der Waals surface area contributed by atoms with Crippen molar-refractivity contribution in [3.05, 3.63) is 59.7 Å². The van der Waals surface area contributed by atoms with E-state index in [-0.39, 0.29) is 17.8 Å². The van der Waals surface area contributed by atoms with Gasteiger partial charge in [0.05, 0.1) is 11.9 Å².